The molecule has 0 bridgehead atoms. The van der Waals surface area contributed by atoms with Gasteiger partial charge in [-0.15, -0.1) is 16.4 Å². The summed E-state index contributed by atoms with van der Waals surface area (Å²) in [5, 5.41) is 10.7. The van der Waals surface area contributed by atoms with E-state index in [-0.39, 0.29) is 5.91 Å². The predicted molar refractivity (Wildman–Crippen MR) is 124 cm³/mol. The number of para-hydroxylation sites is 1. The monoisotopic (exact) mass is 492 g/mol. The Hall–Kier alpha value is -3.23. The van der Waals surface area contributed by atoms with Crippen molar-refractivity contribution < 1.29 is 9.53 Å². The summed E-state index contributed by atoms with van der Waals surface area (Å²) in [6, 6.07) is 23.4. The Bertz CT molecular complexity index is 1270. The number of rotatable bonds is 4. The zero-order chi connectivity index (χ0) is 21.4. The number of hydrogen-bond acceptors (Lipinski definition) is 5. The Morgan fingerprint density at radius 2 is 1.74 bits per heavy atom. The van der Waals surface area contributed by atoms with Gasteiger partial charge in [0, 0.05) is 18.7 Å². The van der Waals surface area contributed by atoms with E-state index in [1.165, 1.54) is 11.9 Å². The minimum Gasteiger partial charge on any atom is -0.446 e. The van der Waals surface area contributed by atoms with Crippen molar-refractivity contribution in [2.24, 2.45) is 5.10 Å². The van der Waals surface area contributed by atoms with Crippen LogP contribution in [0.3, 0.4) is 0 Å². The Morgan fingerprint density at radius 1 is 1.03 bits per heavy atom. The molecule has 1 amide bonds. The average Bonchev–Trinajstić information content (AvgIpc) is 3.52. The van der Waals surface area contributed by atoms with Crippen LogP contribution in [-0.2, 0) is 9.53 Å². The number of benzene rings is 2. The first kappa shape index (κ1) is 19.7. The van der Waals surface area contributed by atoms with Gasteiger partial charge in [0.05, 0.1) is 19.9 Å². The zero-order valence-corrected chi connectivity index (χ0v) is 18.9. The highest BCUT2D eigenvalue weighted by Gasteiger charge is 2.36. The fraction of sp³-hybridized carbons (Fsp3) is 0.0870. The van der Waals surface area contributed by atoms with E-state index < -0.39 is 6.23 Å². The molecule has 5 rings (SSSR count). The first-order valence-corrected chi connectivity index (χ1v) is 11.2. The number of hydrogen-bond donors (Lipinski definition) is 0. The van der Waals surface area contributed by atoms with Crippen molar-refractivity contribution in [1.82, 2.24) is 14.8 Å². The lowest BCUT2D eigenvalue weighted by Gasteiger charge is -2.18. The van der Waals surface area contributed by atoms with Crippen molar-refractivity contribution in [1.29, 1.82) is 0 Å². The molecule has 1 aliphatic heterocycles. The van der Waals surface area contributed by atoms with E-state index in [1.807, 2.05) is 79.0 Å². The summed E-state index contributed by atoms with van der Waals surface area (Å²) in [4.78, 5) is 13.4. The second-order valence-corrected chi connectivity index (χ2v) is 9.38. The topological polar surface area (TPSA) is 59.7 Å². The zero-order valence-electron chi connectivity index (χ0n) is 16.5. The third-order valence-electron chi connectivity index (χ3n) is 4.82. The van der Waals surface area contributed by atoms with Gasteiger partial charge in [0.25, 0.3) is 0 Å². The van der Waals surface area contributed by atoms with E-state index in [1.54, 1.807) is 16.0 Å². The molecule has 1 unspecified atom stereocenters. The van der Waals surface area contributed by atoms with Crippen LogP contribution < -0.4 is 0 Å². The highest BCUT2D eigenvalue weighted by atomic mass is 79.9. The molecule has 154 valence electrons. The van der Waals surface area contributed by atoms with Gasteiger partial charge in [0.15, 0.2) is 0 Å². The smallest absolute Gasteiger partial charge is 0.243 e. The Kier molecular flexibility index (Phi) is 5.17. The molecule has 31 heavy (non-hydrogen) atoms. The molecule has 2 aromatic carbocycles. The van der Waals surface area contributed by atoms with Crippen LogP contribution in [0.2, 0.25) is 0 Å². The molecular weight excluding hydrogens is 476 g/mol. The summed E-state index contributed by atoms with van der Waals surface area (Å²) in [6.45, 7) is 1.48. The van der Waals surface area contributed by atoms with Gasteiger partial charge in [0.1, 0.15) is 5.69 Å². The second kappa shape index (κ2) is 8.13. The van der Waals surface area contributed by atoms with Crippen LogP contribution in [0.1, 0.15) is 24.3 Å². The van der Waals surface area contributed by atoms with E-state index in [4.69, 9.17) is 9.84 Å². The molecule has 0 fully saturated rings. The van der Waals surface area contributed by atoms with Gasteiger partial charge in [-0.1, -0.05) is 36.4 Å². The van der Waals surface area contributed by atoms with Crippen LogP contribution in [0.5, 0.6) is 0 Å². The molecular formula is C23H17BrN4O2S. The SMILES string of the molecule is CC(=O)N1N=C(c2ccccc2)OC1c1cn(-c2ccccc2)nc1-c1ccc(Br)s1. The molecule has 0 aliphatic carbocycles. The Balaban J connectivity index is 1.61. The summed E-state index contributed by atoms with van der Waals surface area (Å²) < 4.78 is 9.03. The highest BCUT2D eigenvalue weighted by Crippen LogP contribution is 2.39. The van der Waals surface area contributed by atoms with E-state index >= 15 is 0 Å². The maximum atomic E-state index is 12.4. The largest absolute Gasteiger partial charge is 0.446 e. The van der Waals surface area contributed by atoms with Crippen LogP contribution in [-0.4, -0.2) is 26.6 Å². The Labute approximate surface area is 191 Å². The molecule has 0 spiro atoms. The minimum absolute atomic E-state index is 0.207. The number of halogens is 1. The molecule has 0 N–H and O–H groups in total. The molecule has 8 heteroatoms. The number of ether oxygens (including phenoxy) is 1. The standard InChI is InChI=1S/C23H17BrN4O2S/c1-15(29)28-23(30-22(26-28)16-8-4-2-5-9-16)18-14-27(17-10-6-3-7-11-17)25-21(18)19-12-13-20(24)31-19/h2-14,23H,1H3. The molecule has 4 aromatic rings. The van der Waals surface area contributed by atoms with E-state index in [9.17, 15) is 4.79 Å². The van der Waals surface area contributed by atoms with Gasteiger partial charge >= 0.3 is 0 Å². The molecule has 2 aromatic heterocycles. The molecule has 0 radical (unpaired) electrons. The van der Waals surface area contributed by atoms with Gasteiger partial charge in [-0.3, -0.25) is 4.79 Å². The lowest BCUT2D eigenvalue weighted by molar-refractivity contribution is -0.135. The van der Waals surface area contributed by atoms with Gasteiger partial charge in [-0.05, 0) is 52.3 Å². The third kappa shape index (κ3) is 3.80. The van der Waals surface area contributed by atoms with Crippen LogP contribution >= 0.6 is 27.3 Å². The van der Waals surface area contributed by atoms with Crippen molar-refractivity contribution >= 4 is 39.1 Å². The number of carbonyl (C=O) groups is 1. The van der Waals surface area contributed by atoms with E-state index in [2.05, 4.69) is 21.0 Å². The van der Waals surface area contributed by atoms with Gasteiger partial charge in [0.2, 0.25) is 18.0 Å². The second-order valence-electron chi connectivity index (χ2n) is 6.92. The molecule has 1 atom stereocenters. The summed E-state index contributed by atoms with van der Waals surface area (Å²) in [6.07, 6.45) is 1.20. The molecule has 1 aliphatic rings. The lowest BCUT2D eigenvalue weighted by Crippen LogP contribution is -2.25. The molecule has 6 nitrogen and oxygen atoms in total. The van der Waals surface area contributed by atoms with Crippen LogP contribution in [0.15, 0.2) is 87.9 Å². The fourth-order valence-corrected chi connectivity index (χ4v) is 4.77. The average molecular weight is 493 g/mol. The fourth-order valence-electron chi connectivity index (χ4n) is 3.38. The van der Waals surface area contributed by atoms with Gasteiger partial charge < -0.3 is 4.74 Å². The van der Waals surface area contributed by atoms with Gasteiger partial charge in [-0.25, -0.2) is 4.68 Å². The van der Waals surface area contributed by atoms with E-state index in [0.29, 0.717) is 5.90 Å². The third-order valence-corrected chi connectivity index (χ3v) is 6.45. The normalized spacial score (nSPS) is 15.6. The van der Waals surface area contributed by atoms with E-state index in [0.717, 1.165) is 31.2 Å². The van der Waals surface area contributed by atoms with Crippen molar-refractivity contribution in [2.45, 2.75) is 13.2 Å². The summed E-state index contributed by atoms with van der Waals surface area (Å²) in [5.41, 5.74) is 3.25. The highest BCUT2D eigenvalue weighted by molar-refractivity contribution is 9.11. The summed E-state index contributed by atoms with van der Waals surface area (Å²) in [7, 11) is 0. The summed E-state index contributed by atoms with van der Waals surface area (Å²) >= 11 is 5.10. The molecule has 0 saturated heterocycles. The van der Waals surface area contributed by atoms with Crippen molar-refractivity contribution in [3.63, 3.8) is 0 Å². The maximum Gasteiger partial charge on any atom is 0.243 e. The number of amides is 1. The minimum atomic E-state index is -0.707. The molecule has 0 saturated carbocycles. The van der Waals surface area contributed by atoms with Crippen LogP contribution in [0.4, 0.5) is 0 Å². The van der Waals surface area contributed by atoms with Crippen molar-refractivity contribution in [3.8, 4) is 16.3 Å². The van der Waals surface area contributed by atoms with Crippen molar-refractivity contribution in [2.75, 3.05) is 0 Å². The number of thiophene rings is 1. The first-order valence-electron chi connectivity index (χ1n) is 9.61. The number of hydrazone groups is 1. The number of nitrogens with zero attached hydrogens (tertiary/aromatic N) is 4. The van der Waals surface area contributed by atoms with Crippen LogP contribution in [0, 0.1) is 0 Å². The lowest BCUT2D eigenvalue weighted by atomic mass is 10.2. The first-order chi connectivity index (χ1) is 15.1. The van der Waals surface area contributed by atoms with Gasteiger partial charge in [-0.2, -0.15) is 10.1 Å². The Morgan fingerprint density at radius 3 is 2.39 bits per heavy atom. The predicted octanol–water partition coefficient (Wildman–Crippen LogP) is 5.60. The van der Waals surface area contributed by atoms with Crippen LogP contribution in [0.25, 0.3) is 16.3 Å². The molecule has 3 heterocycles. The maximum absolute atomic E-state index is 12.4. The number of carbonyl (C=O) groups excluding carboxylic acids is 1. The quantitative estimate of drug-likeness (QED) is 0.372. The number of aromatic nitrogens is 2. The van der Waals surface area contributed by atoms with Crippen molar-refractivity contribution in [3.05, 3.63) is 93.9 Å². The summed E-state index contributed by atoms with van der Waals surface area (Å²) in [5.74, 6) is 0.202.